The van der Waals surface area contributed by atoms with Crippen molar-refractivity contribution < 1.29 is 4.74 Å². The Morgan fingerprint density at radius 3 is 2.35 bits per heavy atom. The van der Waals surface area contributed by atoms with E-state index in [0.29, 0.717) is 6.04 Å². The largest absolute Gasteiger partial charge is 0.496 e. The van der Waals surface area contributed by atoms with Gasteiger partial charge in [-0.15, -0.1) is 10.2 Å². The first-order valence-electron chi connectivity index (χ1n) is 10.9. The molecule has 0 aliphatic carbocycles. The number of hydrogen-bond acceptors (Lipinski definition) is 6. The average Bonchev–Trinajstić information content (AvgIpc) is 2.70. The summed E-state index contributed by atoms with van der Waals surface area (Å²) in [5, 5.41) is 13.9. The molecule has 0 amide bonds. The molecule has 1 aliphatic rings. The Bertz CT molecular complexity index is 1080. The van der Waals surface area contributed by atoms with Crippen LogP contribution < -0.4 is 15.0 Å². The molecule has 2 aromatic heterocycles. The smallest absolute Gasteiger partial charge is 0.151 e. The van der Waals surface area contributed by atoms with Gasteiger partial charge in [0, 0.05) is 41.3 Å². The van der Waals surface area contributed by atoms with Crippen LogP contribution in [0.1, 0.15) is 46.1 Å². The van der Waals surface area contributed by atoms with E-state index in [-0.39, 0.29) is 11.1 Å². The minimum absolute atomic E-state index is 0.0812. The fourth-order valence-electron chi connectivity index (χ4n) is 5.02. The number of fused-ring (bicyclic) bond motifs is 1. The lowest BCUT2D eigenvalue weighted by Gasteiger charge is -2.49. The van der Waals surface area contributed by atoms with Gasteiger partial charge >= 0.3 is 0 Å². The Morgan fingerprint density at radius 2 is 1.74 bits per heavy atom. The topological polar surface area (TPSA) is 63.2 Å². The fourth-order valence-corrected chi connectivity index (χ4v) is 5.02. The molecule has 1 fully saturated rings. The summed E-state index contributed by atoms with van der Waals surface area (Å²) in [5.74, 6) is 1.66. The van der Waals surface area contributed by atoms with E-state index in [1.165, 1.54) is 0 Å². The number of pyridine rings is 1. The molecule has 1 N–H and O–H groups in total. The number of rotatable bonds is 4. The predicted molar refractivity (Wildman–Crippen MR) is 127 cm³/mol. The minimum atomic E-state index is 0.0812. The van der Waals surface area contributed by atoms with Crippen molar-refractivity contribution in [1.82, 2.24) is 20.5 Å². The number of ether oxygens (including phenoxy) is 1. The Hall–Kier alpha value is -2.73. The number of aromatic nitrogens is 3. The lowest BCUT2D eigenvalue weighted by atomic mass is 9.79. The quantitative estimate of drug-likeness (QED) is 0.658. The summed E-state index contributed by atoms with van der Waals surface area (Å²) in [7, 11) is 3.80. The number of hydrogen-bond donors (Lipinski definition) is 1. The van der Waals surface area contributed by atoms with Crippen LogP contribution in [-0.4, -0.2) is 46.5 Å². The van der Waals surface area contributed by atoms with E-state index in [4.69, 9.17) is 4.74 Å². The van der Waals surface area contributed by atoms with Crippen molar-refractivity contribution in [2.24, 2.45) is 0 Å². The number of methoxy groups -OCH3 is 1. The maximum Gasteiger partial charge on any atom is 0.151 e. The lowest BCUT2D eigenvalue weighted by Crippen LogP contribution is -2.62. The van der Waals surface area contributed by atoms with Crippen LogP contribution in [0.25, 0.3) is 22.2 Å². The van der Waals surface area contributed by atoms with Crippen molar-refractivity contribution in [1.29, 1.82) is 0 Å². The van der Waals surface area contributed by atoms with Gasteiger partial charge in [-0.3, -0.25) is 4.98 Å². The molecule has 1 saturated heterocycles. The number of benzene rings is 1. The van der Waals surface area contributed by atoms with E-state index >= 15 is 0 Å². The molecule has 0 saturated carbocycles. The molecule has 0 spiro atoms. The van der Waals surface area contributed by atoms with E-state index in [9.17, 15) is 0 Å². The van der Waals surface area contributed by atoms with Gasteiger partial charge in [-0.2, -0.15) is 0 Å². The third-order valence-corrected chi connectivity index (χ3v) is 6.14. The third kappa shape index (κ3) is 4.49. The van der Waals surface area contributed by atoms with E-state index in [1.54, 1.807) is 7.11 Å². The van der Waals surface area contributed by atoms with Gasteiger partial charge in [0.25, 0.3) is 0 Å². The zero-order valence-electron chi connectivity index (χ0n) is 19.7. The Labute approximate surface area is 185 Å². The molecule has 6 nitrogen and oxygen atoms in total. The standard InChI is InChI=1S/C25H33N5O/c1-16-10-17-11-22(31-7)19(12-21(17)26-15-16)20-8-9-23(28-27-20)30(6)18-13-24(2,3)29-25(4,5)14-18/h8-12,15,18,29H,13-14H2,1-7H3. The molecule has 3 heterocycles. The van der Waals surface area contributed by atoms with Gasteiger partial charge in [-0.05, 0) is 83.4 Å². The van der Waals surface area contributed by atoms with Gasteiger partial charge in [0.15, 0.2) is 5.82 Å². The van der Waals surface area contributed by atoms with E-state index in [1.807, 2.05) is 31.3 Å². The van der Waals surface area contributed by atoms with Crippen LogP contribution in [0.4, 0.5) is 5.82 Å². The average molecular weight is 420 g/mol. The molecule has 3 aromatic rings. The van der Waals surface area contributed by atoms with Crippen LogP contribution in [0.3, 0.4) is 0 Å². The van der Waals surface area contributed by atoms with Gasteiger partial charge in [0.1, 0.15) is 5.75 Å². The first kappa shape index (κ1) is 21.5. The van der Waals surface area contributed by atoms with Crippen molar-refractivity contribution in [2.75, 3.05) is 19.1 Å². The maximum atomic E-state index is 5.65. The summed E-state index contributed by atoms with van der Waals surface area (Å²) < 4.78 is 5.65. The summed E-state index contributed by atoms with van der Waals surface area (Å²) >= 11 is 0. The Morgan fingerprint density at radius 1 is 1.03 bits per heavy atom. The molecular formula is C25H33N5O. The zero-order valence-corrected chi connectivity index (χ0v) is 19.7. The SMILES string of the molecule is COc1cc2cc(C)cnc2cc1-c1ccc(N(C)C2CC(C)(C)NC(C)(C)C2)nn1. The number of anilines is 1. The molecular weight excluding hydrogens is 386 g/mol. The van der Waals surface area contributed by atoms with Gasteiger partial charge in [0.05, 0.1) is 18.3 Å². The monoisotopic (exact) mass is 419 g/mol. The van der Waals surface area contributed by atoms with E-state index in [2.05, 4.69) is 72.3 Å². The highest BCUT2D eigenvalue weighted by Gasteiger charge is 2.39. The molecule has 0 unspecified atom stereocenters. The van der Waals surface area contributed by atoms with E-state index in [0.717, 1.165) is 52.1 Å². The van der Waals surface area contributed by atoms with Crippen molar-refractivity contribution >= 4 is 16.7 Å². The van der Waals surface area contributed by atoms with Crippen molar-refractivity contribution in [3.63, 3.8) is 0 Å². The minimum Gasteiger partial charge on any atom is -0.496 e. The Kier molecular flexibility index (Phi) is 5.38. The predicted octanol–water partition coefficient (Wildman–Crippen LogP) is 4.75. The van der Waals surface area contributed by atoms with Crippen molar-refractivity contribution in [2.45, 2.75) is 64.6 Å². The van der Waals surface area contributed by atoms with Gasteiger partial charge < -0.3 is 15.0 Å². The first-order chi connectivity index (χ1) is 14.6. The molecule has 31 heavy (non-hydrogen) atoms. The number of piperidine rings is 1. The molecule has 0 atom stereocenters. The second kappa shape index (κ2) is 7.75. The van der Waals surface area contributed by atoms with E-state index < -0.39 is 0 Å². The molecule has 6 heteroatoms. The van der Waals surface area contributed by atoms with Crippen molar-refractivity contribution in [3.05, 3.63) is 42.1 Å². The summed E-state index contributed by atoms with van der Waals surface area (Å²) in [6, 6.07) is 10.6. The number of nitrogens with one attached hydrogen (secondary N) is 1. The number of aryl methyl sites for hydroxylation is 1. The molecule has 164 valence electrons. The summed E-state index contributed by atoms with van der Waals surface area (Å²) in [4.78, 5) is 6.83. The van der Waals surface area contributed by atoms with Crippen LogP contribution in [-0.2, 0) is 0 Å². The summed E-state index contributed by atoms with van der Waals surface area (Å²) in [5.41, 5.74) is 3.89. The summed E-state index contributed by atoms with van der Waals surface area (Å²) in [6.45, 7) is 11.1. The fraction of sp³-hybridized carbons (Fsp3) is 0.480. The highest BCUT2D eigenvalue weighted by molar-refractivity contribution is 5.87. The maximum absolute atomic E-state index is 5.65. The second-order valence-corrected chi connectivity index (χ2v) is 10.1. The third-order valence-electron chi connectivity index (χ3n) is 6.14. The lowest BCUT2D eigenvalue weighted by molar-refractivity contribution is 0.160. The van der Waals surface area contributed by atoms with Crippen LogP contribution in [0.15, 0.2) is 36.5 Å². The van der Waals surface area contributed by atoms with Gasteiger partial charge in [0.2, 0.25) is 0 Å². The normalized spacial score (nSPS) is 18.2. The van der Waals surface area contributed by atoms with Crippen LogP contribution in [0.2, 0.25) is 0 Å². The van der Waals surface area contributed by atoms with Gasteiger partial charge in [-0.1, -0.05) is 0 Å². The zero-order chi connectivity index (χ0) is 22.4. The van der Waals surface area contributed by atoms with Crippen LogP contribution >= 0.6 is 0 Å². The highest BCUT2D eigenvalue weighted by atomic mass is 16.5. The molecule has 0 bridgehead atoms. The van der Waals surface area contributed by atoms with Gasteiger partial charge in [-0.25, -0.2) is 0 Å². The highest BCUT2D eigenvalue weighted by Crippen LogP contribution is 2.35. The molecule has 4 rings (SSSR count). The Balaban J connectivity index is 1.63. The molecule has 1 aliphatic heterocycles. The van der Waals surface area contributed by atoms with Crippen LogP contribution in [0, 0.1) is 6.92 Å². The second-order valence-electron chi connectivity index (χ2n) is 10.1. The van der Waals surface area contributed by atoms with Crippen LogP contribution in [0.5, 0.6) is 5.75 Å². The molecule has 0 radical (unpaired) electrons. The summed E-state index contributed by atoms with van der Waals surface area (Å²) in [6.07, 6.45) is 3.99. The van der Waals surface area contributed by atoms with Crippen molar-refractivity contribution in [3.8, 4) is 17.0 Å². The first-order valence-corrected chi connectivity index (χ1v) is 10.9. The molecule has 1 aromatic carbocycles. The number of nitrogens with zero attached hydrogens (tertiary/aromatic N) is 4.